The number of amides is 3. The van der Waals surface area contributed by atoms with Crippen molar-refractivity contribution in [3.05, 3.63) is 24.3 Å². The zero-order chi connectivity index (χ0) is 18.1. The number of benzene rings is 1. The minimum absolute atomic E-state index is 0.162. The molecule has 1 saturated heterocycles. The molecule has 3 amide bonds. The van der Waals surface area contributed by atoms with Gasteiger partial charge in [0.05, 0.1) is 6.61 Å². The lowest BCUT2D eigenvalue weighted by Gasteiger charge is -2.34. The van der Waals surface area contributed by atoms with Crippen LogP contribution in [0.5, 0.6) is 5.75 Å². The van der Waals surface area contributed by atoms with E-state index in [0.717, 1.165) is 0 Å². The summed E-state index contributed by atoms with van der Waals surface area (Å²) < 4.78 is 10.8. The molecule has 2 rings (SSSR count). The van der Waals surface area contributed by atoms with Gasteiger partial charge in [0.15, 0.2) is 0 Å². The van der Waals surface area contributed by atoms with Gasteiger partial charge in [-0.2, -0.15) is 0 Å². The highest BCUT2D eigenvalue weighted by Gasteiger charge is 2.32. The number of anilines is 1. The summed E-state index contributed by atoms with van der Waals surface area (Å²) in [6.07, 6.45) is 0.208. The summed E-state index contributed by atoms with van der Waals surface area (Å²) in [5.74, 6) is 0.379. The number of carbonyl (C=O) groups is 2. The second kappa shape index (κ2) is 9.85. The summed E-state index contributed by atoms with van der Waals surface area (Å²) in [4.78, 5) is 25.8. The predicted molar refractivity (Wildman–Crippen MR) is 92.7 cm³/mol. The third kappa shape index (κ3) is 5.61. The summed E-state index contributed by atoms with van der Waals surface area (Å²) in [7, 11) is 0. The molecule has 1 heterocycles. The van der Waals surface area contributed by atoms with Crippen molar-refractivity contribution in [3.8, 4) is 5.75 Å². The van der Waals surface area contributed by atoms with Crippen LogP contribution in [0.1, 0.15) is 13.3 Å². The molecule has 0 radical (unpaired) electrons. The molecule has 8 heteroatoms. The van der Waals surface area contributed by atoms with Gasteiger partial charge in [-0.25, -0.2) is 4.79 Å². The van der Waals surface area contributed by atoms with E-state index in [1.165, 1.54) is 4.90 Å². The van der Waals surface area contributed by atoms with E-state index in [1.54, 1.807) is 24.3 Å². The largest absolute Gasteiger partial charge is 0.491 e. The number of nitrogens with one attached hydrogen (secondary N) is 2. The highest BCUT2D eigenvalue weighted by atomic mass is 16.5. The van der Waals surface area contributed by atoms with Gasteiger partial charge in [0.25, 0.3) is 0 Å². The second-order valence-electron chi connectivity index (χ2n) is 5.52. The third-order valence-electron chi connectivity index (χ3n) is 3.78. The first-order chi connectivity index (χ1) is 12.2. The lowest BCUT2D eigenvalue weighted by atomic mass is 10.1. The Morgan fingerprint density at radius 3 is 3.04 bits per heavy atom. The summed E-state index contributed by atoms with van der Waals surface area (Å²) in [5, 5.41) is 14.6. The fraction of sp³-hybridized carbons (Fsp3) is 0.529. The van der Waals surface area contributed by atoms with Gasteiger partial charge in [0, 0.05) is 38.1 Å². The van der Waals surface area contributed by atoms with E-state index < -0.39 is 6.04 Å². The number of hydrogen-bond acceptors (Lipinski definition) is 5. The molecule has 8 nitrogen and oxygen atoms in total. The van der Waals surface area contributed by atoms with Crippen LogP contribution in [0.25, 0.3) is 0 Å². The first-order valence-electron chi connectivity index (χ1n) is 8.42. The van der Waals surface area contributed by atoms with Gasteiger partial charge >= 0.3 is 6.03 Å². The maximum absolute atomic E-state index is 12.5. The van der Waals surface area contributed by atoms with Crippen molar-refractivity contribution in [2.45, 2.75) is 19.4 Å². The van der Waals surface area contributed by atoms with Crippen LogP contribution in [-0.4, -0.2) is 67.5 Å². The smallest absolute Gasteiger partial charge is 0.322 e. The van der Waals surface area contributed by atoms with E-state index in [0.29, 0.717) is 44.3 Å². The second-order valence-corrected chi connectivity index (χ2v) is 5.52. The molecule has 3 N–H and O–H groups in total. The van der Waals surface area contributed by atoms with E-state index in [1.807, 2.05) is 6.92 Å². The Balaban J connectivity index is 1.95. The Hall–Kier alpha value is -2.32. The third-order valence-corrected chi connectivity index (χ3v) is 3.78. The lowest BCUT2D eigenvalue weighted by Crippen LogP contribution is -2.58. The van der Waals surface area contributed by atoms with Crippen LogP contribution in [0.4, 0.5) is 10.5 Å². The molecular weight excluding hydrogens is 326 g/mol. The number of ether oxygens (including phenoxy) is 2. The first kappa shape index (κ1) is 19.0. The molecule has 0 bridgehead atoms. The first-order valence-corrected chi connectivity index (χ1v) is 8.42. The van der Waals surface area contributed by atoms with Crippen molar-refractivity contribution in [2.24, 2.45) is 0 Å². The molecule has 1 atom stereocenters. The zero-order valence-electron chi connectivity index (χ0n) is 14.4. The van der Waals surface area contributed by atoms with Crippen LogP contribution in [0.2, 0.25) is 0 Å². The minimum atomic E-state index is -0.663. The lowest BCUT2D eigenvalue weighted by molar-refractivity contribution is -0.128. The molecule has 1 fully saturated rings. The van der Waals surface area contributed by atoms with Crippen LogP contribution in [0, 0.1) is 0 Å². The van der Waals surface area contributed by atoms with E-state index in [4.69, 9.17) is 14.6 Å². The Labute approximate surface area is 147 Å². The number of aliphatic hydroxyl groups is 1. The molecule has 0 aromatic heterocycles. The number of nitrogens with zero attached hydrogens (tertiary/aromatic N) is 1. The van der Waals surface area contributed by atoms with E-state index in [2.05, 4.69) is 10.6 Å². The van der Waals surface area contributed by atoms with Crippen molar-refractivity contribution >= 4 is 17.6 Å². The van der Waals surface area contributed by atoms with Gasteiger partial charge in [-0.15, -0.1) is 0 Å². The maximum atomic E-state index is 12.5. The topological polar surface area (TPSA) is 100 Å². The molecule has 0 aliphatic carbocycles. The standard InChI is InChI=1S/C17H25N3O5/c1-2-24-10-11-25-14-5-3-4-13(12-14)19-17(23)20-8-7-18-16(22)15(20)6-9-21/h3-5,12,15,21H,2,6-11H2,1H3,(H,18,22)(H,19,23). The van der Waals surface area contributed by atoms with Crippen molar-refractivity contribution in [3.63, 3.8) is 0 Å². The van der Waals surface area contributed by atoms with Crippen LogP contribution < -0.4 is 15.4 Å². The molecule has 1 aromatic carbocycles. The van der Waals surface area contributed by atoms with Crippen molar-refractivity contribution in [2.75, 3.05) is 44.8 Å². The quantitative estimate of drug-likeness (QED) is 0.602. The number of carbonyl (C=O) groups excluding carboxylic acids is 2. The number of piperazine rings is 1. The highest BCUT2D eigenvalue weighted by molar-refractivity contribution is 5.94. The Morgan fingerprint density at radius 2 is 2.28 bits per heavy atom. The Morgan fingerprint density at radius 1 is 1.44 bits per heavy atom. The average Bonchev–Trinajstić information content (AvgIpc) is 2.61. The molecule has 0 saturated carbocycles. The molecule has 0 spiro atoms. The van der Waals surface area contributed by atoms with Gasteiger partial charge in [-0.3, -0.25) is 4.79 Å². The summed E-state index contributed by atoms with van der Waals surface area (Å²) in [6, 6.07) is 6.00. The van der Waals surface area contributed by atoms with E-state index in [9.17, 15) is 9.59 Å². The van der Waals surface area contributed by atoms with Crippen LogP contribution in [0.3, 0.4) is 0 Å². The fourth-order valence-corrected chi connectivity index (χ4v) is 2.59. The van der Waals surface area contributed by atoms with Crippen molar-refractivity contribution < 1.29 is 24.2 Å². The number of hydrogen-bond donors (Lipinski definition) is 3. The molecule has 1 unspecified atom stereocenters. The molecule has 1 aliphatic heterocycles. The number of urea groups is 1. The van der Waals surface area contributed by atoms with Crippen LogP contribution in [0.15, 0.2) is 24.3 Å². The van der Waals surface area contributed by atoms with Gasteiger partial charge in [0.1, 0.15) is 18.4 Å². The summed E-state index contributed by atoms with van der Waals surface area (Å²) in [5.41, 5.74) is 0.577. The molecule has 25 heavy (non-hydrogen) atoms. The van der Waals surface area contributed by atoms with Gasteiger partial charge in [0.2, 0.25) is 5.91 Å². The summed E-state index contributed by atoms with van der Waals surface area (Å²) >= 11 is 0. The zero-order valence-corrected chi connectivity index (χ0v) is 14.4. The van der Waals surface area contributed by atoms with Crippen LogP contribution >= 0.6 is 0 Å². The summed E-state index contributed by atoms with van der Waals surface area (Å²) in [6.45, 7) is 4.11. The maximum Gasteiger partial charge on any atom is 0.322 e. The predicted octanol–water partition coefficient (Wildman–Crippen LogP) is 0.817. The molecule has 1 aliphatic rings. The molecule has 138 valence electrons. The van der Waals surface area contributed by atoms with Crippen molar-refractivity contribution in [1.29, 1.82) is 0 Å². The monoisotopic (exact) mass is 351 g/mol. The van der Waals surface area contributed by atoms with Gasteiger partial charge < -0.3 is 30.1 Å². The minimum Gasteiger partial charge on any atom is -0.491 e. The molecule has 1 aromatic rings. The van der Waals surface area contributed by atoms with Crippen molar-refractivity contribution in [1.82, 2.24) is 10.2 Å². The van der Waals surface area contributed by atoms with Gasteiger partial charge in [-0.05, 0) is 25.5 Å². The highest BCUT2D eigenvalue weighted by Crippen LogP contribution is 2.19. The molecular formula is C17H25N3O5. The number of rotatable bonds is 8. The SMILES string of the molecule is CCOCCOc1cccc(NC(=O)N2CCNC(=O)C2CCO)c1. The fourth-order valence-electron chi connectivity index (χ4n) is 2.59. The van der Waals surface area contributed by atoms with E-state index >= 15 is 0 Å². The van der Waals surface area contributed by atoms with Crippen LogP contribution in [-0.2, 0) is 9.53 Å². The average molecular weight is 351 g/mol. The van der Waals surface area contributed by atoms with E-state index in [-0.39, 0.29) is 25.0 Å². The normalized spacial score (nSPS) is 17.1. The Bertz CT molecular complexity index is 581. The number of aliphatic hydroxyl groups excluding tert-OH is 1. The van der Waals surface area contributed by atoms with Gasteiger partial charge in [-0.1, -0.05) is 6.07 Å². The Kier molecular flexibility index (Phi) is 7.49.